The van der Waals surface area contributed by atoms with Crippen LogP contribution in [0.25, 0.3) is 11.1 Å². The van der Waals surface area contributed by atoms with E-state index in [0.29, 0.717) is 0 Å². The van der Waals surface area contributed by atoms with Gasteiger partial charge in [0.05, 0.1) is 0 Å². The Bertz CT molecular complexity index is 555. The van der Waals surface area contributed by atoms with Gasteiger partial charge in [-0.2, -0.15) is 0 Å². The molecule has 2 aromatic rings. The Kier molecular flexibility index (Phi) is 4.36. The van der Waals surface area contributed by atoms with E-state index < -0.39 is 0 Å². The molecule has 1 aromatic carbocycles. The second-order valence-corrected chi connectivity index (χ2v) is 5.94. The molecule has 3 heteroatoms. The minimum atomic E-state index is 0.893. The van der Waals surface area contributed by atoms with Gasteiger partial charge < -0.3 is 9.32 Å². The van der Waals surface area contributed by atoms with Crippen molar-refractivity contribution in [1.29, 1.82) is 0 Å². The van der Waals surface area contributed by atoms with Crippen molar-refractivity contribution in [3.05, 3.63) is 29.7 Å². The lowest BCUT2D eigenvalue weighted by Gasteiger charge is -2.26. The summed E-state index contributed by atoms with van der Waals surface area (Å²) in [4.78, 5) is 7.15. The summed E-state index contributed by atoms with van der Waals surface area (Å²) >= 11 is 0. The van der Waals surface area contributed by atoms with Crippen LogP contribution in [0.2, 0.25) is 0 Å². The van der Waals surface area contributed by atoms with Crippen LogP contribution in [0.5, 0.6) is 0 Å². The first-order valence-electron chi connectivity index (χ1n) is 7.90. The van der Waals surface area contributed by atoms with Crippen molar-refractivity contribution >= 4 is 11.1 Å². The zero-order chi connectivity index (χ0) is 13.8. The van der Waals surface area contributed by atoms with E-state index in [1.807, 2.05) is 6.07 Å². The quantitative estimate of drug-likeness (QED) is 0.772. The third-order valence-corrected chi connectivity index (χ3v) is 4.15. The van der Waals surface area contributed by atoms with Gasteiger partial charge in [0.1, 0.15) is 5.52 Å². The van der Waals surface area contributed by atoms with Crippen LogP contribution in [0.4, 0.5) is 0 Å². The van der Waals surface area contributed by atoms with Gasteiger partial charge in [-0.3, -0.25) is 0 Å². The number of hydrogen-bond acceptors (Lipinski definition) is 3. The number of aromatic nitrogens is 1. The van der Waals surface area contributed by atoms with Crippen molar-refractivity contribution in [2.45, 2.75) is 45.4 Å². The highest BCUT2D eigenvalue weighted by atomic mass is 16.3. The summed E-state index contributed by atoms with van der Waals surface area (Å²) in [7, 11) is 0. The zero-order valence-electron chi connectivity index (χ0n) is 12.4. The first-order chi connectivity index (χ1) is 9.81. The average Bonchev–Trinajstić information content (AvgIpc) is 2.86. The van der Waals surface area contributed by atoms with E-state index >= 15 is 0 Å². The predicted octanol–water partition coefficient (Wildman–Crippen LogP) is 3.94. The number of hydrogen-bond donors (Lipinski definition) is 0. The SMILES string of the molecule is Cc1ccc2nc(CCCCN3CCCCC3)oc2c1. The van der Waals surface area contributed by atoms with Crippen LogP contribution in [0.3, 0.4) is 0 Å². The first-order valence-corrected chi connectivity index (χ1v) is 7.90. The van der Waals surface area contributed by atoms with Gasteiger partial charge in [-0.1, -0.05) is 12.5 Å². The van der Waals surface area contributed by atoms with E-state index in [0.717, 1.165) is 23.4 Å². The number of likely N-dealkylation sites (tertiary alicyclic amines) is 1. The maximum atomic E-state index is 5.82. The fraction of sp³-hybridized carbons (Fsp3) is 0.588. The normalized spacial score (nSPS) is 16.9. The van der Waals surface area contributed by atoms with Crippen LogP contribution in [0.1, 0.15) is 43.6 Å². The Balaban J connectivity index is 1.47. The molecule has 1 aliphatic heterocycles. The van der Waals surface area contributed by atoms with Gasteiger partial charge in [-0.25, -0.2) is 4.98 Å². The molecule has 0 radical (unpaired) electrons. The Morgan fingerprint density at radius 3 is 2.85 bits per heavy atom. The second kappa shape index (κ2) is 6.40. The molecule has 3 nitrogen and oxygen atoms in total. The topological polar surface area (TPSA) is 29.3 Å². The standard InChI is InChI=1S/C17H24N2O/c1-14-8-9-15-16(13-14)20-17(18-15)7-3-6-12-19-10-4-2-5-11-19/h8-9,13H,2-7,10-12H2,1H3. The van der Waals surface area contributed by atoms with E-state index in [-0.39, 0.29) is 0 Å². The van der Waals surface area contributed by atoms with E-state index in [1.165, 1.54) is 57.3 Å². The molecule has 2 heterocycles. The monoisotopic (exact) mass is 272 g/mol. The summed E-state index contributed by atoms with van der Waals surface area (Å²) in [5, 5.41) is 0. The molecule has 0 N–H and O–H groups in total. The van der Waals surface area contributed by atoms with Crippen LogP contribution in [-0.2, 0) is 6.42 Å². The minimum Gasteiger partial charge on any atom is -0.441 e. The summed E-state index contributed by atoms with van der Waals surface area (Å²) in [5.41, 5.74) is 3.14. The fourth-order valence-electron chi connectivity index (χ4n) is 2.98. The van der Waals surface area contributed by atoms with Gasteiger partial charge >= 0.3 is 0 Å². The van der Waals surface area contributed by atoms with E-state index in [4.69, 9.17) is 4.42 Å². The highest BCUT2D eigenvalue weighted by molar-refractivity contribution is 5.73. The van der Waals surface area contributed by atoms with Crippen LogP contribution < -0.4 is 0 Å². The van der Waals surface area contributed by atoms with Gasteiger partial charge in [-0.15, -0.1) is 0 Å². The minimum absolute atomic E-state index is 0.893. The smallest absolute Gasteiger partial charge is 0.195 e. The number of fused-ring (bicyclic) bond motifs is 1. The lowest BCUT2D eigenvalue weighted by atomic mass is 10.1. The van der Waals surface area contributed by atoms with Crippen LogP contribution >= 0.6 is 0 Å². The van der Waals surface area contributed by atoms with Gasteiger partial charge in [-0.05, 0) is 69.9 Å². The van der Waals surface area contributed by atoms with Gasteiger partial charge in [0.15, 0.2) is 11.5 Å². The second-order valence-electron chi connectivity index (χ2n) is 5.94. The molecule has 1 aromatic heterocycles. The molecule has 3 rings (SSSR count). The number of piperidine rings is 1. The number of aryl methyl sites for hydroxylation is 2. The molecular formula is C17H24N2O. The molecule has 0 bridgehead atoms. The maximum Gasteiger partial charge on any atom is 0.195 e. The Hall–Kier alpha value is -1.35. The molecule has 0 atom stereocenters. The van der Waals surface area contributed by atoms with Crippen molar-refractivity contribution in [3.8, 4) is 0 Å². The van der Waals surface area contributed by atoms with Crippen LogP contribution in [0, 0.1) is 6.92 Å². The van der Waals surface area contributed by atoms with E-state index in [1.54, 1.807) is 0 Å². The molecule has 0 unspecified atom stereocenters. The average molecular weight is 272 g/mol. The van der Waals surface area contributed by atoms with Crippen molar-refractivity contribution in [1.82, 2.24) is 9.88 Å². The van der Waals surface area contributed by atoms with Gasteiger partial charge in [0.25, 0.3) is 0 Å². The number of nitrogens with zero attached hydrogens (tertiary/aromatic N) is 2. The molecule has 20 heavy (non-hydrogen) atoms. The Labute approximate surface area is 121 Å². The Morgan fingerprint density at radius 1 is 1.15 bits per heavy atom. The third kappa shape index (κ3) is 3.40. The Morgan fingerprint density at radius 2 is 2.00 bits per heavy atom. The fourth-order valence-corrected chi connectivity index (χ4v) is 2.98. The number of oxazole rings is 1. The van der Waals surface area contributed by atoms with Crippen molar-refractivity contribution in [2.75, 3.05) is 19.6 Å². The summed E-state index contributed by atoms with van der Waals surface area (Å²) in [6.45, 7) is 5.91. The predicted molar refractivity (Wildman–Crippen MR) is 82.0 cm³/mol. The van der Waals surface area contributed by atoms with E-state index in [9.17, 15) is 0 Å². The maximum absolute atomic E-state index is 5.82. The molecule has 1 saturated heterocycles. The third-order valence-electron chi connectivity index (χ3n) is 4.15. The molecule has 0 aliphatic carbocycles. The molecule has 1 fully saturated rings. The summed E-state index contributed by atoms with van der Waals surface area (Å²) < 4.78 is 5.82. The van der Waals surface area contributed by atoms with Crippen LogP contribution in [0.15, 0.2) is 22.6 Å². The van der Waals surface area contributed by atoms with Crippen LogP contribution in [-0.4, -0.2) is 29.5 Å². The summed E-state index contributed by atoms with van der Waals surface area (Å²) in [6, 6.07) is 6.20. The highest BCUT2D eigenvalue weighted by Crippen LogP contribution is 2.18. The molecular weight excluding hydrogens is 248 g/mol. The summed E-state index contributed by atoms with van der Waals surface area (Å²) in [6.07, 6.45) is 7.55. The lowest BCUT2D eigenvalue weighted by molar-refractivity contribution is 0.224. The molecule has 0 amide bonds. The molecule has 1 aliphatic rings. The van der Waals surface area contributed by atoms with Gasteiger partial charge in [0, 0.05) is 6.42 Å². The van der Waals surface area contributed by atoms with Crippen molar-refractivity contribution in [2.24, 2.45) is 0 Å². The summed E-state index contributed by atoms with van der Waals surface area (Å²) in [5.74, 6) is 0.893. The van der Waals surface area contributed by atoms with E-state index in [2.05, 4.69) is 28.9 Å². The van der Waals surface area contributed by atoms with Crippen molar-refractivity contribution < 1.29 is 4.42 Å². The largest absolute Gasteiger partial charge is 0.441 e. The molecule has 108 valence electrons. The molecule has 0 saturated carbocycles. The highest BCUT2D eigenvalue weighted by Gasteiger charge is 2.10. The molecule has 0 spiro atoms. The zero-order valence-corrected chi connectivity index (χ0v) is 12.4. The number of benzene rings is 1. The first kappa shape index (κ1) is 13.6. The number of rotatable bonds is 5. The number of unbranched alkanes of at least 4 members (excludes halogenated alkanes) is 1. The van der Waals surface area contributed by atoms with Gasteiger partial charge in [0.2, 0.25) is 0 Å². The lowest BCUT2D eigenvalue weighted by Crippen LogP contribution is -2.30. The van der Waals surface area contributed by atoms with Crippen molar-refractivity contribution in [3.63, 3.8) is 0 Å².